The van der Waals surface area contributed by atoms with Crippen LogP contribution in [0.5, 0.6) is 0 Å². The Morgan fingerprint density at radius 2 is 1.86 bits per heavy atom. The number of allylic oxidation sites excluding steroid dienone is 1. The number of rotatable bonds is 6. The molecule has 2 N–H and O–H groups in total. The van der Waals surface area contributed by atoms with Crippen LogP contribution in [0.15, 0.2) is 12.2 Å². The van der Waals surface area contributed by atoms with Gasteiger partial charge in [-0.2, -0.15) is 0 Å². The molecular formula is C12H27NSi. The first-order valence-corrected chi connectivity index (χ1v) is 9.39. The molecule has 14 heavy (non-hydrogen) atoms. The summed E-state index contributed by atoms with van der Waals surface area (Å²) in [7, 11) is -1.17. The molecular weight excluding hydrogens is 186 g/mol. The molecule has 0 aromatic heterocycles. The van der Waals surface area contributed by atoms with Gasteiger partial charge in [0, 0.05) is 5.67 Å². The van der Waals surface area contributed by atoms with Gasteiger partial charge in [-0.3, -0.25) is 0 Å². The van der Waals surface area contributed by atoms with Gasteiger partial charge in [0.15, 0.2) is 0 Å². The lowest BCUT2D eigenvalue weighted by Crippen LogP contribution is -2.48. The Morgan fingerprint density at radius 1 is 1.29 bits per heavy atom. The van der Waals surface area contributed by atoms with E-state index in [1.54, 1.807) is 0 Å². The van der Waals surface area contributed by atoms with Crippen molar-refractivity contribution in [2.75, 3.05) is 0 Å². The normalized spacial score (nSPS) is 17.3. The van der Waals surface area contributed by atoms with Gasteiger partial charge in [-0.05, 0) is 12.3 Å². The summed E-state index contributed by atoms with van der Waals surface area (Å²) < 4.78 is 0. The van der Waals surface area contributed by atoms with Gasteiger partial charge in [0.25, 0.3) is 0 Å². The van der Waals surface area contributed by atoms with Crippen LogP contribution in [-0.2, 0) is 0 Å². The van der Waals surface area contributed by atoms with Crippen LogP contribution < -0.4 is 5.73 Å². The molecule has 0 saturated heterocycles. The third kappa shape index (κ3) is 5.61. The van der Waals surface area contributed by atoms with E-state index in [-0.39, 0.29) is 0 Å². The molecule has 2 atom stereocenters. The van der Waals surface area contributed by atoms with Gasteiger partial charge in [-0.15, -0.1) is 0 Å². The molecule has 0 aliphatic heterocycles. The lowest BCUT2D eigenvalue weighted by atomic mass is 10.1. The second-order valence-corrected chi connectivity index (χ2v) is 10.7. The summed E-state index contributed by atoms with van der Waals surface area (Å²) >= 11 is 0. The van der Waals surface area contributed by atoms with Crippen molar-refractivity contribution in [3.05, 3.63) is 12.2 Å². The molecule has 0 aromatic carbocycles. The summed E-state index contributed by atoms with van der Waals surface area (Å²) in [5.41, 5.74) is 6.61. The molecule has 0 aromatic rings. The Hall–Kier alpha value is -0.0831. The van der Waals surface area contributed by atoms with Crippen molar-refractivity contribution in [2.45, 2.75) is 58.4 Å². The molecule has 0 heterocycles. The first-order chi connectivity index (χ1) is 6.39. The monoisotopic (exact) mass is 213 g/mol. The van der Waals surface area contributed by atoms with E-state index in [0.717, 1.165) is 0 Å². The topological polar surface area (TPSA) is 26.0 Å². The van der Waals surface area contributed by atoms with E-state index in [4.69, 9.17) is 5.73 Å². The highest BCUT2D eigenvalue weighted by molar-refractivity contribution is 6.77. The SMILES string of the molecule is CCCC/C=C\[C@H](C)[C@H](N)[Si](C)(C)C. The molecule has 0 unspecified atom stereocenters. The molecule has 1 nitrogen and oxygen atoms in total. The highest BCUT2D eigenvalue weighted by atomic mass is 28.3. The highest BCUT2D eigenvalue weighted by Gasteiger charge is 2.26. The molecule has 2 heteroatoms. The predicted octanol–water partition coefficient (Wildman–Crippen LogP) is 3.57. The van der Waals surface area contributed by atoms with E-state index in [1.807, 2.05) is 0 Å². The Kier molecular flexibility index (Phi) is 6.37. The molecule has 0 fully saturated rings. The molecule has 0 bridgehead atoms. The Labute approximate surface area is 90.8 Å². The van der Waals surface area contributed by atoms with Gasteiger partial charge in [0.1, 0.15) is 0 Å². The van der Waals surface area contributed by atoms with E-state index in [1.165, 1.54) is 19.3 Å². The van der Waals surface area contributed by atoms with Gasteiger partial charge >= 0.3 is 0 Å². The molecule has 84 valence electrons. The van der Waals surface area contributed by atoms with E-state index in [0.29, 0.717) is 11.6 Å². The van der Waals surface area contributed by atoms with Crippen LogP contribution in [0, 0.1) is 5.92 Å². The van der Waals surface area contributed by atoms with E-state index < -0.39 is 8.07 Å². The van der Waals surface area contributed by atoms with Crippen LogP contribution >= 0.6 is 0 Å². The second kappa shape index (κ2) is 6.41. The van der Waals surface area contributed by atoms with Crippen LogP contribution in [0.25, 0.3) is 0 Å². The molecule has 0 rings (SSSR count). The van der Waals surface area contributed by atoms with Gasteiger partial charge < -0.3 is 5.73 Å². The second-order valence-electron chi connectivity index (χ2n) is 5.32. The van der Waals surface area contributed by atoms with Crippen molar-refractivity contribution in [1.29, 1.82) is 0 Å². The standard InChI is InChI=1S/C12H27NSi/c1-6-7-8-9-10-11(2)12(13)14(3,4)5/h9-12H,6-8,13H2,1-5H3/b10-9-/t11-,12+/m0/s1. The summed E-state index contributed by atoms with van der Waals surface area (Å²) in [5.74, 6) is 0.540. The number of unbranched alkanes of at least 4 members (excludes halogenated alkanes) is 2. The summed E-state index contributed by atoms with van der Waals surface area (Å²) in [6.07, 6.45) is 8.39. The summed E-state index contributed by atoms with van der Waals surface area (Å²) in [5, 5.41) is 0. The maximum atomic E-state index is 6.22. The minimum absolute atomic E-state index is 0.389. The Balaban J connectivity index is 3.95. The minimum Gasteiger partial charge on any atom is -0.330 e. The van der Waals surface area contributed by atoms with Crippen molar-refractivity contribution < 1.29 is 0 Å². The van der Waals surface area contributed by atoms with Gasteiger partial charge in [0.05, 0.1) is 8.07 Å². The van der Waals surface area contributed by atoms with Crippen LogP contribution in [-0.4, -0.2) is 13.7 Å². The number of hydrogen-bond donors (Lipinski definition) is 1. The lowest BCUT2D eigenvalue weighted by molar-refractivity contribution is 0.656. The quantitative estimate of drug-likeness (QED) is 0.407. The van der Waals surface area contributed by atoms with E-state index in [9.17, 15) is 0 Å². The summed E-state index contributed by atoms with van der Waals surface area (Å²) in [6, 6.07) is 0. The smallest absolute Gasteiger partial charge is 0.0639 e. The summed E-state index contributed by atoms with van der Waals surface area (Å²) in [4.78, 5) is 0. The van der Waals surface area contributed by atoms with Crippen molar-refractivity contribution in [3.63, 3.8) is 0 Å². The van der Waals surface area contributed by atoms with Gasteiger partial charge in [0.2, 0.25) is 0 Å². The average molecular weight is 213 g/mol. The fraction of sp³-hybridized carbons (Fsp3) is 0.833. The molecule has 0 aliphatic rings. The third-order valence-electron chi connectivity index (χ3n) is 2.73. The maximum Gasteiger partial charge on any atom is 0.0639 e. The van der Waals surface area contributed by atoms with Crippen molar-refractivity contribution >= 4 is 8.07 Å². The summed E-state index contributed by atoms with van der Waals surface area (Å²) in [6.45, 7) is 11.5. The predicted molar refractivity (Wildman–Crippen MR) is 69.2 cm³/mol. The highest BCUT2D eigenvalue weighted by Crippen LogP contribution is 2.15. The Morgan fingerprint density at radius 3 is 2.29 bits per heavy atom. The van der Waals surface area contributed by atoms with Crippen LogP contribution in [0.1, 0.15) is 33.1 Å². The number of nitrogens with two attached hydrogens (primary N) is 1. The fourth-order valence-electron chi connectivity index (χ4n) is 1.54. The van der Waals surface area contributed by atoms with E-state index >= 15 is 0 Å². The lowest BCUT2D eigenvalue weighted by Gasteiger charge is -2.28. The van der Waals surface area contributed by atoms with Crippen LogP contribution in [0.4, 0.5) is 0 Å². The largest absolute Gasteiger partial charge is 0.330 e. The zero-order chi connectivity index (χ0) is 11.2. The first kappa shape index (κ1) is 13.9. The third-order valence-corrected chi connectivity index (χ3v) is 5.26. The molecule has 0 amide bonds. The van der Waals surface area contributed by atoms with Crippen molar-refractivity contribution in [3.8, 4) is 0 Å². The van der Waals surface area contributed by atoms with Crippen LogP contribution in [0.3, 0.4) is 0 Å². The van der Waals surface area contributed by atoms with Crippen LogP contribution in [0.2, 0.25) is 19.6 Å². The molecule has 0 spiro atoms. The fourth-order valence-corrected chi connectivity index (χ4v) is 3.23. The number of hydrogen-bond acceptors (Lipinski definition) is 1. The first-order valence-electron chi connectivity index (χ1n) is 5.81. The Bertz CT molecular complexity index is 170. The van der Waals surface area contributed by atoms with Gasteiger partial charge in [-0.25, -0.2) is 0 Å². The minimum atomic E-state index is -1.17. The molecule has 0 radical (unpaired) electrons. The van der Waals surface area contributed by atoms with E-state index in [2.05, 4.69) is 45.6 Å². The average Bonchev–Trinajstić information content (AvgIpc) is 2.09. The molecule has 0 aliphatic carbocycles. The van der Waals surface area contributed by atoms with Crippen molar-refractivity contribution in [2.24, 2.45) is 11.7 Å². The zero-order valence-electron chi connectivity index (χ0n) is 10.5. The zero-order valence-corrected chi connectivity index (χ0v) is 11.5. The van der Waals surface area contributed by atoms with Crippen molar-refractivity contribution in [1.82, 2.24) is 0 Å². The van der Waals surface area contributed by atoms with Gasteiger partial charge in [-0.1, -0.05) is 58.5 Å². The molecule has 0 saturated carbocycles. The maximum absolute atomic E-state index is 6.22.